The highest BCUT2D eigenvalue weighted by Gasteiger charge is 2.14. The summed E-state index contributed by atoms with van der Waals surface area (Å²) >= 11 is 5.87. The standard InChI is InChI=1S/C28H19ClN4O2/c29-26-11-5-10-24(31-26)28(35)30-21-9-4-8-19(16-21)27(34)20-13-14-22-23(32-33-25(22)17-20)15-12-18-6-2-1-3-7-18/h1-17H,(H,30,35)(H,32,33). The van der Waals surface area contributed by atoms with Gasteiger partial charge < -0.3 is 5.32 Å². The number of nitrogens with one attached hydrogen (secondary N) is 2. The summed E-state index contributed by atoms with van der Waals surface area (Å²) in [4.78, 5) is 29.7. The number of carbonyl (C=O) groups excluding carboxylic acids is 2. The fraction of sp³-hybridized carbons (Fsp3) is 0. The van der Waals surface area contributed by atoms with E-state index in [2.05, 4.69) is 20.5 Å². The zero-order valence-electron chi connectivity index (χ0n) is 18.4. The van der Waals surface area contributed by atoms with Crippen molar-refractivity contribution in [2.24, 2.45) is 0 Å². The molecule has 0 radical (unpaired) electrons. The summed E-state index contributed by atoms with van der Waals surface area (Å²) in [6, 6.07) is 27.0. The van der Waals surface area contributed by atoms with Gasteiger partial charge in [-0.05, 0) is 48.0 Å². The Balaban J connectivity index is 1.35. The second kappa shape index (κ2) is 9.75. The number of carbonyl (C=O) groups is 2. The molecule has 170 valence electrons. The number of nitrogens with zero attached hydrogens (tertiary/aromatic N) is 2. The van der Waals surface area contributed by atoms with Crippen molar-refractivity contribution in [3.63, 3.8) is 0 Å². The van der Waals surface area contributed by atoms with Crippen molar-refractivity contribution in [1.29, 1.82) is 0 Å². The number of H-pyrrole nitrogens is 1. The van der Waals surface area contributed by atoms with Crippen molar-refractivity contribution in [3.05, 3.63) is 124 Å². The van der Waals surface area contributed by atoms with Gasteiger partial charge in [-0.3, -0.25) is 14.7 Å². The number of aromatic nitrogens is 3. The summed E-state index contributed by atoms with van der Waals surface area (Å²) in [5.41, 5.74) is 4.27. The number of pyridine rings is 1. The van der Waals surface area contributed by atoms with E-state index in [9.17, 15) is 9.59 Å². The number of rotatable bonds is 6. The van der Waals surface area contributed by atoms with E-state index >= 15 is 0 Å². The SMILES string of the molecule is O=C(c1cccc(NC(=O)c2cccc(Cl)n2)c1)c1ccc2c(C=Cc3ccccc3)n[nH]c2c1. The Hall–Kier alpha value is -4.55. The molecule has 0 saturated carbocycles. The molecule has 3 aromatic carbocycles. The molecule has 0 aliphatic rings. The molecule has 35 heavy (non-hydrogen) atoms. The van der Waals surface area contributed by atoms with Crippen LogP contribution in [0.5, 0.6) is 0 Å². The van der Waals surface area contributed by atoms with Gasteiger partial charge in [0.05, 0.1) is 11.2 Å². The van der Waals surface area contributed by atoms with E-state index in [1.165, 1.54) is 0 Å². The Kier molecular flexibility index (Phi) is 6.20. The van der Waals surface area contributed by atoms with Crippen LogP contribution in [0.2, 0.25) is 5.15 Å². The van der Waals surface area contributed by atoms with Crippen LogP contribution in [0.4, 0.5) is 5.69 Å². The number of fused-ring (bicyclic) bond motifs is 1. The van der Waals surface area contributed by atoms with Crippen LogP contribution in [-0.4, -0.2) is 26.9 Å². The van der Waals surface area contributed by atoms with Crippen LogP contribution in [0, 0.1) is 0 Å². The van der Waals surface area contributed by atoms with Gasteiger partial charge >= 0.3 is 0 Å². The lowest BCUT2D eigenvalue weighted by molar-refractivity contribution is 0.101. The lowest BCUT2D eigenvalue weighted by Crippen LogP contribution is -2.14. The number of anilines is 1. The van der Waals surface area contributed by atoms with Crippen LogP contribution in [0.3, 0.4) is 0 Å². The molecule has 0 fully saturated rings. The molecule has 0 aliphatic heterocycles. The highest BCUT2D eigenvalue weighted by molar-refractivity contribution is 6.29. The first-order chi connectivity index (χ1) is 17.1. The fourth-order valence-electron chi connectivity index (χ4n) is 3.68. The fourth-order valence-corrected chi connectivity index (χ4v) is 3.85. The van der Waals surface area contributed by atoms with Crippen LogP contribution in [0.1, 0.15) is 37.7 Å². The van der Waals surface area contributed by atoms with Crippen LogP contribution >= 0.6 is 11.6 Å². The average Bonchev–Trinajstić information content (AvgIpc) is 3.30. The molecule has 0 atom stereocenters. The number of aromatic amines is 1. The number of ketones is 1. The molecule has 0 aliphatic carbocycles. The summed E-state index contributed by atoms with van der Waals surface area (Å²) in [6.07, 6.45) is 3.93. The predicted octanol–water partition coefficient (Wildman–Crippen LogP) is 6.27. The third-order valence-corrected chi connectivity index (χ3v) is 5.63. The van der Waals surface area contributed by atoms with Crippen molar-refractivity contribution < 1.29 is 9.59 Å². The third kappa shape index (κ3) is 5.03. The Morgan fingerprint density at radius 2 is 1.63 bits per heavy atom. The van der Waals surface area contributed by atoms with E-state index in [0.717, 1.165) is 22.2 Å². The number of hydrogen-bond acceptors (Lipinski definition) is 4. The first kappa shape index (κ1) is 22.3. The average molecular weight is 479 g/mol. The van der Waals surface area contributed by atoms with E-state index in [1.807, 2.05) is 48.6 Å². The minimum atomic E-state index is -0.410. The smallest absolute Gasteiger partial charge is 0.274 e. The van der Waals surface area contributed by atoms with Gasteiger partial charge in [0.25, 0.3) is 5.91 Å². The molecule has 5 aromatic rings. The van der Waals surface area contributed by atoms with Gasteiger partial charge in [0, 0.05) is 22.2 Å². The second-order valence-corrected chi connectivity index (χ2v) is 8.21. The van der Waals surface area contributed by atoms with Gasteiger partial charge in [-0.2, -0.15) is 5.10 Å². The van der Waals surface area contributed by atoms with Gasteiger partial charge in [-0.15, -0.1) is 0 Å². The number of benzene rings is 3. The summed E-state index contributed by atoms with van der Waals surface area (Å²) < 4.78 is 0. The molecule has 0 bridgehead atoms. The van der Waals surface area contributed by atoms with Crippen molar-refractivity contribution in [2.45, 2.75) is 0 Å². The minimum Gasteiger partial charge on any atom is -0.321 e. The molecule has 0 saturated heterocycles. The maximum absolute atomic E-state index is 13.2. The van der Waals surface area contributed by atoms with E-state index < -0.39 is 5.91 Å². The second-order valence-electron chi connectivity index (χ2n) is 7.82. The Bertz CT molecular complexity index is 1570. The molecular formula is C28H19ClN4O2. The number of hydrogen-bond donors (Lipinski definition) is 2. The summed E-state index contributed by atoms with van der Waals surface area (Å²) in [5, 5.41) is 11.3. The van der Waals surface area contributed by atoms with Crippen LogP contribution in [-0.2, 0) is 0 Å². The molecule has 2 N–H and O–H groups in total. The normalized spacial score (nSPS) is 11.1. The number of amides is 1. The molecule has 0 unspecified atom stereocenters. The van der Waals surface area contributed by atoms with Crippen molar-refractivity contribution in [3.8, 4) is 0 Å². The quantitative estimate of drug-likeness (QED) is 0.222. The third-order valence-electron chi connectivity index (χ3n) is 5.42. The zero-order chi connectivity index (χ0) is 24.2. The van der Waals surface area contributed by atoms with Gasteiger partial charge in [-0.1, -0.05) is 72.3 Å². The van der Waals surface area contributed by atoms with E-state index in [-0.39, 0.29) is 16.6 Å². The summed E-state index contributed by atoms with van der Waals surface area (Å²) in [5.74, 6) is -0.577. The van der Waals surface area contributed by atoms with Crippen LogP contribution < -0.4 is 5.32 Å². The van der Waals surface area contributed by atoms with E-state index in [1.54, 1.807) is 54.6 Å². The highest BCUT2D eigenvalue weighted by Crippen LogP contribution is 2.22. The zero-order valence-corrected chi connectivity index (χ0v) is 19.2. The van der Waals surface area contributed by atoms with Gasteiger partial charge in [-0.25, -0.2) is 4.98 Å². The van der Waals surface area contributed by atoms with Crippen molar-refractivity contribution in [2.75, 3.05) is 5.32 Å². The largest absolute Gasteiger partial charge is 0.321 e. The molecule has 5 rings (SSSR count). The maximum Gasteiger partial charge on any atom is 0.274 e. The molecule has 2 heterocycles. The van der Waals surface area contributed by atoms with E-state index in [4.69, 9.17) is 11.6 Å². The topological polar surface area (TPSA) is 87.7 Å². The number of halogens is 1. The van der Waals surface area contributed by atoms with Gasteiger partial charge in [0.15, 0.2) is 5.78 Å². The Morgan fingerprint density at radius 3 is 2.46 bits per heavy atom. The van der Waals surface area contributed by atoms with E-state index in [0.29, 0.717) is 16.8 Å². The molecule has 7 heteroatoms. The first-order valence-electron chi connectivity index (χ1n) is 10.9. The van der Waals surface area contributed by atoms with Gasteiger partial charge in [0.1, 0.15) is 10.8 Å². The lowest BCUT2D eigenvalue weighted by atomic mass is 10.0. The summed E-state index contributed by atoms with van der Waals surface area (Å²) in [6.45, 7) is 0. The van der Waals surface area contributed by atoms with Crippen LogP contribution in [0.15, 0.2) is 91.0 Å². The predicted molar refractivity (Wildman–Crippen MR) is 139 cm³/mol. The maximum atomic E-state index is 13.2. The highest BCUT2D eigenvalue weighted by atomic mass is 35.5. The lowest BCUT2D eigenvalue weighted by Gasteiger charge is -2.07. The van der Waals surface area contributed by atoms with Crippen molar-refractivity contribution >= 4 is 52.0 Å². The molecule has 0 spiro atoms. The van der Waals surface area contributed by atoms with Crippen molar-refractivity contribution in [1.82, 2.24) is 15.2 Å². The molecule has 1 amide bonds. The monoisotopic (exact) mass is 478 g/mol. The molecule has 6 nitrogen and oxygen atoms in total. The van der Waals surface area contributed by atoms with Crippen LogP contribution in [0.25, 0.3) is 23.1 Å². The Morgan fingerprint density at radius 1 is 0.829 bits per heavy atom. The Labute approximate surface area is 206 Å². The first-order valence-corrected chi connectivity index (χ1v) is 11.2. The molecular weight excluding hydrogens is 460 g/mol. The molecule has 2 aromatic heterocycles. The van der Waals surface area contributed by atoms with Gasteiger partial charge in [0.2, 0.25) is 0 Å². The minimum absolute atomic E-state index is 0.167. The summed E-state index contributed by atoms with van der Waals surface area (Å²) in [7, 11) is 0.